The highest BCUT2D eigenvalue weighted by Crippen LogP contribution is 2.25. The molecule has 2 aromatic rings. The van der Waals surface area contributed by atoms with Crippen molar-refractivity contribution in [3.8, 4) is 11.3 Å². The minimum Gasteiger partial charge on any atom is -0.396 e. The van der Waals surface area contributed by atoms with Crippen molar-refractivity contribution in [3.05, 3.63) is 39.1 Å². The molecule has 0 unspecified atom stereocenters. The van der Waals surface area contributed by atoms with Crippen LogP contribution in [0.3, 0.4) is 0 Å². The van der Waals surface area contributed by atoms with E-state index in [0.29, 0.717) is 0 Å². The van der Waals surface area contributed by atoms with Gasteiger partial charge in [-0.05, 0) is 31.4 Å². The van der Waals surface area contributed by atoms with Crippen molar-refractivity contribution < 1.29 is 5.11 Å². The summed E-state index contributed by atoms with van der Waals surface area (Å²) in [6.45, 7) is 0.268. The Bertz CT molecular complexity index is 484. The van der Waals surface area contributed by atoms with Gasteiger partial charge in [0.25, 0.3) is 0 Å². The van der Waals surface area contributed by atoms with Crippen LogP contribution in [0.4, 0.5) is 0 Å². The SMILES string of the molecule is OCCCCc1nc(-c2cccc(Br)c2)cs1. The van der Waals surface area contributed by atoms with Crippen LogP contribution in [0.1, 0.15) is 17.8 Å². The number of benzene rings is 1. The number of aliphatic hydroxyl groups is 1. The van der Waals surface area contributed by atoms with Crippen LogP contribution >= 0.6 is 27.3 Å². The van der Waals surface area contributed by atoms with Crippen LogP contribution < -0.4 is 0 Å². The number of hydrogen-bond donors (Lipinski definition) is 1. The number of rotatable bonds is 5. The number of halogens is 1. The fourth-order valence-corrected chi connectivity index (χ4v) is 2.84. The van der Waals surface area contributed by atoms with Crippen molar-refractivity contribution in [1.29, 1.82) is 0 Å². The molecule has 0 saturated heterocycles. The van der Waals surface area contributed by atoms with Crippen molar-refractivity contribution in [1.82, 2.24) is 4.98 Å². The fraction of sp³-hybridized carbons (Fsp3) is 0.308. The number of hydrogen-bond acceptors (Lipinski definition) is 3. The molecule has 4 heteroatoms. The van der Waals surface area contributed by atoms with Gasteiger partial charge in [-0.15, -0.1) is 11.3 Å². The fourth-order valence-electron chi connectivity index (χ4n) is 1.59. The maximum atomic E-state index is 8.74. The third kappa shape index (κ3) is 3.63. The number of aliphatic hydroxyl groups excluding tert-OH is 1. The summed E-state index contributed by atoms with van der Waals surface area (Å²) >= 11 is 5.16. The quantitative estimate of drug-likeness (QED) is 0.850. The van der Waals surface area contributed by atoms with E-state index in [-0.39, 0.29) is 6.61 Å². The summed E-state index contributed by atoms with van der Waals surface area (Å²) < 4.78 is 1.07. The molecular weight excluding hydrogens is 298 g/mol. The third-order valence-electron chi connectivity index (χ3n) is 2.47. The van der Waals surface area contributed by atoms with E-state index in [2.05, 4.69) is 38.4 Å². The van der Waals surface area contributed by atoms with E-state index in [1.807, 2.05) is 12.1 Å². The Balaban J connectivity index is 2.07. The lowest BCUT2D eigenvalue weighted by Gasteiger charge is -1.97. The summed E-state index contributed by atoms with van der Waals surface area (Å²) in [4.78, 5) is 4.61. The second-order valence-corrected chi connectivity index (χ2v) is 5.68. The molecule has 1 aromatic heterocycles. The van der Waals surface area contributed by atoms with Crippen molar-refractivity contribution in [2.45, 2.75) is 19.3 Å². The van der Waals surface area contributed by atoms with Crippen LogP contribution in [-0.4, -0.2) is 16.7 Å². The molecule has 1 heterocycles. The smallest absolute Gasteiger partial charge is 0.0932 e. The second kappa shape index (κ2) is 6.28. The highest BCUT2D eigenvalue weighted by Gasteiger charge is 2.04. The molecule has 0 aliphatic heterocycles. The minimum absolute atomic E-state index is 0.268. The first kappa shape index (κ1) is 12.7. The molecule has 0 amide bonds. The lowest BCUT2D eigenvalue weighted by molar-refractivity contribution is 0.284. The summed E-state index contributed by atoms with van der Waals surface area (Å²) in [7, 11) is 0. The molecule has 0 radical (unpaired) electrons. The van der Waals surface area contributed by atoms with E-state index in [1.165, 1.54) is 0 Å². The Hall–Kier alpha value is -0.710. The largest absolute Gasteiger partial charge is 0.396 e. The summed E-state index contributed by atoms with van der Waals surface area (Å²) in [6, 6.07) is 8.17. The number of unbranched alkanes of at least 4 members (excludes halogenated alkanes) is 1. The van der Waals surface area contributed by atoms with Gasteiger partial charge in [0.1, 0.15) is 0 Å². The Morgan fingerprint density at radius 2 is 2.18 bits per heavy atom. The predicted octanol–water partition coefficient (Wildman–Crippen LogP) is 3.89. The van der Waals surface area contributed by atoms with Crippen LogP contribution in [0.5, 0.6) is 0 Å². The number of nitrogens with zero attached hydrogens (tertiary/aromatic N) is 1. The van der Waals surface area contributed by atoms with Gasteiger partial charge in [-0.3, -0.25) is 0 Å². The van der Waals surface area contributed by atoms with Gasteiger partial charge < -0.3 is 5.11 Å². The number of aryl methyl sites for hydroxylation is 1. The minimum atomic E-state index is 0.268. The van der Waals surface area contributed by atoms with E-state index in [1.54, 1.807) is 11.3 Å². The average molecular weight is 312 g/mol. The molecule has 2 rings (SSSR count). The summed E-state index contributed by atoms with van der Waals surface area (Å²) in [5.41, 5.74) is 2.18. The highest BCUT2D eigenvalue weighted by molar-refractivity contribution is 9.10. The van der Waals surface area contributed by atoms with Gasteiger partial charge in [0.05, 0.1) is 10.7 Å². The highest BCUT2D eigenvalue weighted by atomic mass is 79.9. The summed E-state index contributed by atoms with van der Waals surface area (Å²) in [5.74, 6) is 0. The topological polar surface area (TPSA) is 33.1 Å². The Labute approximate surface area is 113 Å². The van der Waals surface area contributed by atoms with Crippen molar-refractivity contribution in [3.63, 3.8) is 0 Å². The standard InChI is InChI=1S/C13H14BrNOS/c14-11-5-3-4-10(8-11)12-9-17-13(15-12)6-1-2-7-16/h3-5,8-9,16H,1-2,6-7H2. The van der Waals surface area contributed by atoms with Gasteiger partial charge in [0, 0.05) is 22.0 Å². The maximum Gasteiger partial charge on any atom is 0.0932 e. The van der Waals surface area contributed by atoms with Gasteiger partial charge >= 0.3 is 0 Å². The van der Waals surface area contributed by atoms with Crippen LogP contribution in [0, 0.1) is 0 Å². The predicted molar refractivity (Wildman–Crippen MR) is 75.3 cm³/mol. The Kier molecular flexibility index (Phi) is 4.71. The molecule has 0 bridgehead atoms. The van der Waals surface area contributed by atoms with E-state index in [0.717, 1.165) is 40.0 Å². The molecule has 0 aliphatic rings. The molecular formula is C13H14BrNOS. The zero-order valence-electron chi connectivity index (χ0n) is 9.40. The number of aromatic nitrogens is 1. The van der Waals surface area contributed by atoms with Gasteiger partial charge in [0.15, 0.2) is 0 Å². The zero-order chi connectivity index (χ0) is 12.1. The monoisotopic (exact) mass is 311 g/mol. The molecule has 1 aromatic carbocycles. The first-order valence-corrected chi connectivity index (χ1v) is 7.28. The number of thiazole rings is 1. The van der Waals surface area contributed by atoms with Gasteiger partial charge in [-0.25, -0.2) is 4.98 Å². The second-order valence-electron chi connectivity index (χ2n) is 3.82. The van der Waals surface area contributed by atoms with Crippen molar-refractivity contribution >= 4 is 27.3 Å². The van der Waals surface area contributed by atoms with E-state index >= 15 is 0 Å². The van der Waals surface area contributed by atoms with E-state index in [4.69, 9.17) is 5.11 Å². The van der Waals surface area contributed by atoms with Gasteiger partial charge in [0.2, 0.25) is 0 Å². The Morgan fingerprint density at radius 1 is 1.29 bits per heavy atom. The maximum absolute atomic E-state index is 8.74. The van der Waals surface area contributed by atoms with Crippen LogP contribution in [0.2, 0.25) is 0 Å². The molecule has 90 valence electrons. The summed E-state index contributed by atoms with van der Waals surface area (Å²) in [5, 5.41) is 12.0. The van der Waals surface area contributed by atoms with Crippen LogP contribution in [0.25, 0.3) is 11.3 Å². The first-order valence-electron chi connectivity index (χ1n) is 5.61. The lowest BCUT2D eigenvalue weighted by atomic mass is 10.2. The lowest BCUT2D eigenvalue weighted by Crippen LogP contribution is -1.88. The molecule has 0 fully saturated rings. The molecule has 2 nitrogen and oxygen atoms in total. The molecule has 0 spiro atoms. The van der Waals surface area contributed by atoms with Gasteiger partial charge in [-0.1, -0.05) is 28.1 Å². The van der Waals surface area contributed by atoms with Crippen molar-refractivity contribution in [2.24, 2.45) is 0 Å². The molecule has 0 aliphatic carbocycles. The van der Waals surface area contributed by atoms with Crippen LogP contribution in [0.15, 0.2) is 34.1 Å². The molecule has 17 heavy (non-hydrogen) atoms. The summed E-state index contributed by atoms with van der Waals surface area (Å²) in [6.07, 6.45) is 2.81. The van der Waals surface area contributed by atoms with Crippen LogP contribution in [-0.2, 0) is 6.42 Å². The molecule has 0 saturated carbocycles. The molecule has 1 N–H and O–H groups in total. The van der Waals surface area contributed by atoms with E-state index in [9.17, 15) is 0 Å². The third-order valence-corrected chi connectivity index (χ3v) is 3.87. The van der Waals surface area contributed by atoms with E-state index < -0.39 is 0 Å². The Morgan fingerprint density at radius 3 is 2.94 bits per heavy atom. The first-order chi connectivity index (χ1) is 8.29. The normalized spacial score (nSPS) is 10.7. The van der Waals surface area contributed by atoms with Gasteiger partial charge in [-0.2, -0.15) is 0 Å². The average Bonchev–Trinajstić information content (AvgIpc) is 2.78. The zero-order valence-corrected chi connectivity index (χ0v) is 11.8. The van der Waals surface area contributed by atoms with Crippen molar-refractivity contribution in [2.75, 3.05) is 6.61 Å². The molecule has 0 atom stereocenters.